The van der Waals surface area contributed by atoms with Crippen molar-refractivity contribution in [3.05, 3.63) is 11.6 Å². The van der Waals surface area contributed by atoms with Crippen molar-refractivity contribution in [3.8, 4) is 0 Å². The van der Waals surface area contributed by atoms with E-state index < -0.39 is 0 Å². The van der Waals surface area contributed by atoms with E-state index in [-0.39, 0.29) is 0 Å². The van der Waals surface area contributed by atoms with Crippen LogP contribution in [0, 0.1) is 0 Å². The second-order valence-electron chi connectivity index (χ2n) is 5.78. The van der Waals surface area contributed by atoms with Crippen LogP contribution in [0.2, 0.25) is 0 Å². The van der Waals surface area contributed by atoms with E-state index in [0.29, 0.717) is 13.2 Å². The SMILES string of the molecule is CC=C(CCCCCO)CCCCCCCCCCO. The van der Waals surface area contributed by atoms with Gasteiger partial charge in [0, 0.05) is 13.2 Å². The highest BCUT2D eigenvalue weighted by atomic mass is 16.3. The van der Waals surface area contributed by atoms with Gasteiger partial charge >= 0.3 is 0 Å². The molecule has 0 fully saturated rings. The van der Waals surface area contributed by atoms with Gasteiger partial charge in [0.25, 0.3) is 0 Å². The molecule has 0 heterocycles. The van der Waals surface area contributed by atoms with Crippen molar-refractivity contribution in [1.82, 2.24) is 0 Å². The topological polar surface area (TPSA) is 40.5 Å². The molecule has 0 aliphatic rings. The Labute approximate surface area is 126 Å². The van der Waals surface area contributed by atoms with Crippen LogP contribution >= 0.6 is 0 Å². The summed E-state index contributed by atoms with van der Waals surface area (Å²) in [5.41, 5.74) is 1.60. The van der Waals surface area contributed by atoms with Crippen LogP contribution in [0.4, 0.5) is 0 Å². The summed E-state index contributed by atoms with van der Waals surface area (Å²) in [7, 11) is 0. The third-order valence-electron chi connectivity index (χ3n) is 3.97. The first-order valence-corrected chi connectivity index (χ1v) is 8.71. The second-order valence-corrected chi connectivity index (χ2v) is 5.78. The summed E-state index contributed by atoms with van der Waals surface area (Å²) >= 11 is 0. The number of hydrogen-bond donors (Lipinski definition) is 2. The second kappa shape index (κ2) is 16.7. The van der Waals surface area contributed by atoms with E-state index in [9.17, 15) is 0 Å². The molecule has 2 N–H and O–H groups in total. The lowest BCUT2D eigenvalue weighted by molar-refractivity contribution is 0.282. The van der Waals surface area contributed by atoms with Gasteiger partial charge in [-0.1, -0.05) is 56.6 Å². The Morgan fingerprint density at radius 2 is 0.950 bits per heavy atom. The van der Waals surface area contributed by atoms with Gasteiger partial charge < -0.3 is 10.2 Å². The molecule has 120 valence electrons. The molecule has 0 aromatic heterocycles. The zero-order valence-electron chi connectivity index (χ0n) is 13.6. The standard InChI is InChI=1S/C18H36O2/c1-2-18(15-11-9-13-17-20)14-10-7-5-3-4-6-8-12-16-19/h2,19-20H,3-17H2,1H3. The van der Waals surface area contributed by atoms with E-state index in [0.717, 1.165) is 19.3 Å². The minimum absolute atomic E-state index is 0.337. The fraction of sp³-hybridized carbons (Fsp3) is 0.889. The molecule has 0 aliphatic heterocycles. The van der Waals surface area contributed by atoms with Crippen molar-refractivity contribution in [2.45, 2.75) is 90.4 Å². The van der Waals surface area contributed by atoms with Crippen LogP contribution < -0.4 is 0 Å². The third kappa shape index (κ3) is 14.1. The number of allylic oxidation sites excluding steroid dienone is 2. The summed E-state index contributed by atoms with van der Waals surface area (Å²) in [6.07, 6.45) is 18.3. The molecule has 0 saturated heterocycles. The maximum atomic E-state index is 8.75. The molecule has 2 heteroatoms. The summed E-state index contributed by atoms with van der Waals surface area (Å²) in [6, 6.07) is 0. The highest BCUT2D eigenvalue weighted by Crippen LogP contribution is 2.17. The number of rotatable bonds is 15. The third-order valence-corrected chi connectivity index (χ3v) is 3.97. The summed E-state index contributed by atoms with van der Waals surface area (Å²) < 4.78 is 0. The first-order valence-electron chi connectivity index (χ1n) is 8.71. The summed E-state index contributed by atoms with van der Waals surface area (Å²) in [5, 5.41) is 17.4. The van der Waals surface area contributed by atoms with E-state index in [1.54, 1.807) is 5.57 Å². The van der Waals surface area contributed by atoms with Gasteiger partial charge in [-0.2, -0.15) is 0 Å². The van der Waals surface area contributed by atoms with Crippen molar-refractivity contribution in [2.24, 2.45) is 0 Å². The molecule has 0 radical (unpaired) electrons. The molecule has 0 aliphatic carbocycles. The van der Waals surface area contributed by atoms with Gasteiger partial charge in [0.05, 0.1) is 0 Å². The molecule has 0 aromatic rings. The number of aliphatic hydroxyl groups excluding tert-OH is 2. The minimum Gasteiger partial charge on any atom is -0.396 e. The Hall–Kier alpha value is -0.340. The summed E-state index contributed by atoms with van der Waals surface area (Å²) in [6.45, 7) is 2.84. The first kappa shape index (κ1) is 19.7. The van der Waals surface area contributed by atoms with Crippen molar-refractivity contribution in [1.29, 1.82) is 0 Å². The molecule has 0 bridgehead atoms. The largest absolute Gasteiger partial charge is 0.396 e. The maximum absolute atomic E-state index is 8.75. The zero-order valence-corrected chi connectivity index (χ0v) is 13.6. The Bertz CT molecular complexity index is 211. The van der Waals surface area contributed by atoms with E-state index in [4.69, 9.17) is 10.2 Å². The fourth-order valence-electron chi connectivity index (χ4n) is 2.58. The van der Waals surface area contributed by atoms with Crippen LogP contribution in [0.3, 0.4) is 0 Å². The molecule has 0 unspecified atom stereocenters. The predicted octanol–water partition coefficient (Wildman–Crippen LogP) is 4.99. The van der Waals surface area contributed by atoms with Gasteiger partial charge in [-0.25, -0.2) is 0 Å². The van der Waals surface area contributed by atoms with E-state index >= 15 is 0 Å². The smallest absolute Gasteiger partial charge is 0.0431 e. The van der Waals surface area contributed by atoms with Gasteiger partial charge in [-0.05, 0) is 45.4 Å². The first-order chi connectivity index (χ1) is 9.85. The zero-order chi connectivity index (χ0) is 14.9. The van der Waals surface area contributed by atoms with Crippen molar-refractivity contribution in [3.63, 3.8) is 0 Å². The number of hydrogen-bond acceptors (Lipinski definition) is 2. The minimum atomic E-state index is 0.337. The Balaban J connectivity index is 3.30. The average Bonchev–Trinajstić information content (AvgIpc) is 2.47. The number of unbranched alkanes of at least 4 members (excludes halogenated alkanes) is 9. The molecular formula is C18H36O2. The van der Waals surface area contributed by atoms with E-state index in [1.165, 1.54) is 64.2 Å². The van der Waals surface area contributed by atoms with Crippen molar-refractivity contribution < 1.29 is 10.2 Å². The van der Waals surface area contributed by atoms with Crippen LogP contribution in [-0.2, 0) is 0 Å². The van der Waals surface area contributed by atoms with Gasteiger partial charge in [0.2, 0.25) is 0 Å². The lowest BCUT2D eigenvalue weighted by Gasteiger charge is -2.07. The quantitative estimate of drug-likeness (QED) is 0.328. The van der Waals surface area contributed by atoms with Gasteiger partial charge in [-0.3, -0.25) is 0 Å². The predicted molar refractivity (Wildman–Crippen MR) is 87.9 cm³/mol. The Morgan fingerprint density at radius 1 is 0.600 bits per heavy atom. The average molecular weight is 284 g/mol. The van der Waals surface area contributed by atoms with E-state index in [1.807, 2.05) is 0 Å². The van der Waals surface area contributed by atoms with Crippen LogP contribution in [0.15, 0.2) is 11.6 Å². The van der Waals surface area contributed by atoms with Gasteiger partial charge in [-0.15, -0.1) is 0 Å². The maximum Gasteiger partial charge on any atom is 0.0431 e. The molecule has 2 nitrogen and oxygen atoms in total. The highest BCUT2D eigenvalue weighted by molar-refractivity contribution is 4.99. The molecule has 0 atom stereocenters. The number of aliphatic hydroxyl groups is 2. The summed E-state index contributed by atoms with van der Waals surface area (Å²) in [5.74, 6) is 0. The summed E-state index contributed by atoms with van der Waals surface area (Å²) in [4.78, 5) is 0. The molecular weight excluding hydrogens is 248 g/mol. The van der Waals surface area contributed by atoms with Gasteiger partial charge in [0.1, 0.15) is 0 Å². The lowest BCUT2D eigenvalue weighted by Crippen LogP contribution is -1.89. The van der Waals surface area contributed by atoms with Crippen LogP contribution in [0.25, 0.3) is 0 Å². The normalized spacial score (nSPS) is 12.1. The van der Waals surface area contributed by atoms with E-state index in [2.05, 4.69) is 13.0 Å². The molecule has 0 saturated carbocycles. The monoisotopic (exact) mass is 284 g/mol. The molecule has 0 rings (SSSR count). The van der Waals surface area contributed by atoms with Gasteiger partial charge in [0.15, 0.2) is 0 Å². The molecule has 0 aromatic carbocycles. The molecule has 20 heavy (non-hydrogen) atoms. The van der Waals surface area contributed by atoms with Crippen LogP contribution in [0.5, 0.6) is 0 Å². The van der Waals surface area contributed by atoms with Crippen molar-refractivity contribution >= 4 is 0 Å². The molecule has 0 spiro atoms. The lowest BCUT2D eigenvalue weighted by atomic mass is 10.00. The van der Waals surface area contributed by atoms with Crippen LogP contribution in [-0.4, -0.2) is 23.4 Å². The fourth-order valence-corrected chi connectivity index (χ4v) is 2.58. The Morgan fingerprint density at radius 3 is 1.35 bits per heavy atom. The van der Waals surface area contributed by atoms with Crippen molar-refractivity contribution in [2.75, 3.05) is 13.2 Å². The van der Waals surface area contributed by atoms with Crippen LogP contribution in [0.1, 0.15) is 90.4 Å². The highest BCUT2D eigenvalue weighted by Gasteiger charge is 1.98. The Kier molecular flexibility index (Phi) is 16.4. The molecule has 0 amide bonds.